The summed E-state index contributed by atoms with van der Waals surface area (Å²) in [6, 6.07) is 12.7. The molecule has 2 heterocycles. The van der Waals surface area contributed by atoms with Crippen molar-refractivity contribution >= 4 is 23.6 Å². The van der Waals surface area contributed by atoms with Crippen LogP contribution in [0.15, 0.2) is 48.5 Å². The van der Waals surface area contributed by atoms with E-state index in [1.807, 2.05) is 0 Å². The van der Waals surface area contributed by atoms with E-state index in [1.54, 1.807) is 65.4 Å². The summed E-state index contributed by atoms with van der Waals surface area (Å²) in [6.07, 6.45) is 6.41. The van der Waals surface area contributed by atoms with Crippen molar-refractivity contribution in [3.8, 4) is 11.5 Å². The van der Waals surface area contributed by atoms with Crippen LogP contribution in [0.2, 0.25) is 0 Å². The highest BCUT2D eigenvalue weighted by Gasteiger charge is 2.55. The summed E-state index contributed by atoms with van der Waals surface area (Å²) in [6.45, 7) is 3.19. The van der Waals surface area contributed by atoms with Crippen molar-refractivity contribution in [2.24, 2.45) is 5.92 Å². The minimum absolute atomic E-state index is 0.0194. The molecule has 3 aliphatic rings. The van der Waals surface area contributed by atoms with Crippen molar-refractivity contribution in [3.05, 3.63) is 59.7 Å². The molecule has 2 aliphatic heterocycles. The number of rotatable bonds is 9. The summed E-state index contributed by atoms with van der Waals surface area (Å²) in [4.78, 5) is 56.2. The zero-order valence-corrected chi connectivity index (χ0v) is 25.7. The van der Waals surface area contributed by atoms with Gasteiger partial charge in [-0.3, -0.25) is 19.2 Å². The lowest BCUT2D eigenvalue weighted by molar-refractivity contribution is -0.165. The third-order valence-electron chi connectivity index (χ3n) is 9.53. The number of aliphatic hydroxyl groups excluding tert-OH is 1. The maximum atomic E-state index is 13.8. The maximum Gasteiger partial charge on any atom is 0.253 e. The van der Waals surface area contributed by atoms with Crippen LogP contribution >= 0.6 is 0 Å². The van der Waals surface area contributed by atoms with Gasteiger partial charge in [0.2, 0.25) is 11.8 Å². The fraction of sp³-hybridized carbons (Fsp3) is 0.529. The fourth-order valence-corrected chi connectivity index (χ4v) is 6.84. The molecule has 44 heavy (non-hydrogen) atoms. The van der Waals surface area contributed by atoms with Gasteiger partial charge in [-0.2, -0.15) is 0 Å². The molecule has 5 rings (SSSR count). The molecule has 236 valence electrons. The number of hydrogen-bond acceptors (Lipinski definition) is 6. The number of aliphatic hydroxyl groups is 1. The predicted octanol–water partition coefficient (Wildman–Crippen LogP) is 3.88. The Hall–Kier alpha value is -3.92. The lowest BCUT2D eigenvalue weighted by Crippen LogP contribution is -2.75. The van der Waals surface area contributed by atoms with Crippen molar-refractivity contribution in [2.45, 2.75) is 82.4 Å². The van der Waals surface area contributed by atoms with Gasteiger partial charge in [-0.25, -0.2) is 0 Å². The van der Waals surface area contributed by atoms with E-state index in [4.69, 9.17) is 4.74 Å². The van der Waals surface area contributed by atoms with Gasteiger partial charge in [-0.1, -0.05) is 32.6 Å². The summed E-state index contributed by atoms with van der Waals surface area (Å²) in [5.74, 6) is 0.408. The van der Waals surface area contributed by atoms with E-state index in [0.717, 1.165) is 44.9 Å². The first-order valence-corrected chi connectivity index (χ1v) is 16.0. The van der Waals surface area contributed by atoms with Crippen molar-refractivity contribution < 1.29 is 29.0 Å². The molecule has 4 amide bonds. The zero-order valence-electron chi connectivity index (χ0n) is 25.7. The van der Waals surface area contributed by atoms with Crippen LogP contribution in [0.25, 0.3) is 0 Å². The van der Waals surface area contributed by atoms with Crippen molar-refractivity contribution in [2.75, 3.05) is 26.7 Å². The van der Waals surface area contributed by atoms with Gasteiger partial charge in [0.1, 0.15) is 23.1 Å². The van der Waals surface area contributed by atoms with Gasteiger partial charge in [-0.05, 0) is 86.6 Å². The van der Waals surface area contributed by atoms with Gasteiger partial charge in [0.25, 0.3) is 11.8 Å². The fourth-order valence-electron chi connectivity index (χ4n) is 6.84. The molecule has 2 atom stereocenters. The molecule has 3 N–H and O–H groups in total. The van der Waals surface area contributed by atoms with Crippen molar-refractivity contribution in [3.63, 3.8) is 0 Å². The van der Waals surface area contributed by atoms with E-state index < -0.39 is 17.7 Å². The number of ether oxygens (including phenoxy) is 1. The Bertz CT molecular complexity index is 1330. The Morgan fingerprint density at radius 1 is 0.977 bits per heavy atom. The van der Waals surface area contributed by atoms with Crippen LogP contribution in [0.3, 0.4) is 0 Å². The van der Waals surface area contributed by atoms with Gasteiger partial charge < -0.3 is 30.3 Å². The Morgan fingerprint density at radius 2 is 1.57 bits per heavy atom. The van der Waals surface area contributed by atoms with Gasteiger partial charge in [0.15, 0.2) is 0 Å². The number of likely N-dealkylation sites (tertiary alicyclic amines) is 1. The van der Waals surface area contributed by atoms with E-state index in [2.05, 4.69) is 17.6 Å². The summed E-state index contributed by atoms with van der Waals surface area (Å²) in [7, 11) is 1.58. The van der Waals surface area contributed by atoms with Gasteiger partial charge in [0, 0.05) is 37.8 Å². The zero-order chi connectivity index (χ0) is 31.3. The third kappa shape index (κ3) is 6.45. The molecule has 3 fully saturated rings. The molecule has 1 aliphatic carbocycles. The number of carbonyl (C=O) groups is 4. The number of unbranched alkanes of at least 4 members (excludes halogenated alkanes) is 1. The van der Waals surface area contributed by atoms with Gasteiger partial charge in [0.05, 0.1) is 6.10 Å². The third-order valence-corrected chi connectivity index (χ3v) is 9.53. The highest BCUT2D eigenvalue weighted by molar-refractivity contribution is 6.01. The predicted molar refractivity (Wildman–Crippen MR) is 165 cm³/mol. The number of amides is 4. The standard InChI is InChI=1S/C34H44N4O6/c1-3-4-20-38-32(42)28(29(39)23-8-6-5-7-9-23)36-33(43)34(38)18-21-37(22-19-34)31(41)25-12-16-27(17-13-25)44-26-14-10-24(11-15-26)30(40)35-2/h10-17,23,28-29,39H,3-9,18-22H2,1-2H3,(H,35,40)(H,36,43)/t28-,29-/m1/s1. The molecule has 10 heteroatoms. The number of nitrogens with zero attached hydrogens (tertiary/aromatic N) is 2. The molecule has 2 saturated heterocycles. The molecule has 10 nitrogen and oxygen atoms in total. The molecular formula is C34H44N4O6. The van der Waals surface area contributed by atoms with Crippen molar-refractivity contribution in [1.82, 2.24) is 20.4 Å². The monoisotopic (exact) mass is 604 g/mol. The lowest BCUT2D eigenvalue weighted by Gasteiger charge is -2.52. The second kappa shape index (κ2) is 13.8. The maximum absolute atomic E-state index is 13.8. The molecular weight excluding hydrogens is 560 g/mol. The second-order valence-corrected chi connectivity index (χ2v) is 12.2. The van der Waals surface area contributed by atoms with E-state index in [1.165, 1.54) is 0 Å². The summed E-state index contributed by atoms with van der Waals surface area (Å²) in [5.41, 5.74) is 0.0205. The number of piperidine rings is 1. The van der Waals surface area contributed by atoms with E-state index >= 15 is 0 Å². The van der Waals surface area contributed by atoms with Crippen LogP contribution < -0.4 is 15.4 Å². The number of nitrogens with one attached hydrogen (secondary N) is 2. The van der Waals surface area contributed by atoms with E-state index in [0.29, 0.717) is 55.1 Å². The molecule has 0 aromatic heterocycles. The van der Waals surface area contributed by atoms with Crippen LogP contribution in [0, 0.1) is 5.92 Å². The lowest BCUT2D eigenvalue weighted by atomic mass is 9.78. The van der Waals surface area contributed by atoms with Crippen LogP contribution in [-0.2, 0) is 9.59 Å². The minimum atomic E-state index is -1.02. The SMILES string of the molecule is CCCCN1C(=O)[C@@H]([C@H](O)C2CCCCC2)NC(=O)C12CCN(C(=O)c1ccc(Oc3ccc(C(=O)NC)cc3)cc1)CC2. The van der Waals surface area contributed by atoms with E-state index in [9.17, 15) is 24.3 Å². The molecule has 2 aromatic rings. The Morgan fingerprint density at radius 3 is 2.14 bits per heavy atom. The first-order valence-electron chi connectivity index (χ1n) is 16.0. The highest BCUT2D eigenvalue weighted by Crippen LogP contribution is 2.36. The minimum Gasteiger partial charge on any atom is -0.457 e. The Labute approximate surface area is 259 Å². The quantitative estimate of drug-likeness (QED) is 0.399. The average Bonchev–Trinajstić information content (AvgIpc) is 3.07. The number of carbonyl (C=O) groups excluding carboxylic acids is 4. The van der Waals surface area contributed by atoms with Crippen LogP contribution in [0.5, 0.6) is 11.5 Å². The summed E-state index contributed by atoms with van der Waals surface area (Å²) in [5, 5.41) is 16.7. The van der Waals surface area contributed by atoms with Gasteiger partial charge in [-0.15, -0.1) is 0 Å². The largest absolute Gasteiger partial charge is 0.457 e. The molecule has 0 bridgehead atoms. The van der Waals surface area contributed by atoms with Crippen LogP contribution in [0.1, 0.15) is 85.4 Å². The smallest absolute Gasteiger partial charge is 0.253 e. The number of benzene rings is 2. The second-order valence-electron chi connectivity index (χ2n) is 12.2. The highest BCUT2D eigenvalue weighted by atomic mass is 16.5. The molecule has 2 aromatic carbocycles. The first-order chi connectivity index (χ1) is 21.3. The first kappa shape index (κ1) is 31.5. The Balaban J connectivity index is 1.23. The van der Waals surface area contributed by atoms with Gasteiger partial charge >= 0.3 is 0 Å². The molecule has 1 spiro atoms. The summed E-state index contributed by atoms with van der Waals surface area (Å²) < 4.78 is 5.88. The summed E-state index contributed by atoms with van der Waals surface area (Å²) >= 11 is 0. The number of piperazine rings is 1. The Kier molecular flexibility index (Phi) is 9.88. The van der Waals surface area contributed by atoms with Crippen LogP contribution in [0.4, 0.5) is 0 Å². The van der Waals surface area contributed by atoms with Crippen LogP contribution in [-0.4, -0.2) is 82.9 Å². The molecule has 0 radical (unpaired) electrons. The normalized spacial score (nSPS) is 21.1. The molecule has 0 unspecified atom stereocenters. The van der Waals surface area contributed by atoms with Crippen molar-refractivity contribution in [1.29, 1.82) is 0 Å². The average molecular weight is 605 g/mol. The molecule has 1 saturated carbocycles. The van der Waals surface area contributed by atoms with E-state index in [-0.39, 0.29) is 29.5 Å². The number of hydrogen-bond donors (Lipinski definition) is 3. The topological polar surface area (TPSA) is 128 Å².